The van der Waals surface area contributed by atoms with E-state index < -0.39 is 0 Å². The molecule has 0 radical (unpaired) electrons. The Bertz CT molecular complexity index is 430. The van der Waals surface area contributed by atoms with Gasteiger partial charge in [0.25, 0.3) is 0 Å². The highest BCUT2D eigenvalue weighted by molar-refractivity contribution is 9.10. The number of benzene rings is 1. The summed E-state index contributed by atoms with van der Waals surface area (Å²) in [6.45, 7) is 0. The third-order valence-electron chi connectivity index (χ3n) is 2.23. The Morgan fingerprint density at radius 1 is 1.29 bits per heavy atom. The van der Waals surface area contributed by atoms with Crippen LogP contribution in [0.4, 0.5) is 0 Å². The van der Waals surface area contributed by atoms with Crippen molar-refractivity contribution in [3.63, 3.8) is 0 Å². The molecular weight excluding hydrogens is 352 g/mol. The Balaban J connectivity index is 2.79. The molecule has 3 nitrogen and oxygen atoms in total. The van der Waals surface area contributed by atoms with Crippen LogP contribution in [0, 0.1) is 0 Å². The molecule has 1 aromatic rings. The van der Waals surface area contributed by atoms with E-state index in [4.69, 9.17) is 0 Å². The summed E-state index contributed by atoms with van der Waals surface area (Å²) in [5.41, 5.74) is 1.78. The normalized spacial score (nSPS) is 10.1. The lowest BCUT2D eigenvalue weighted by Crippen LogP contribution is -2.06. The minimum atomic E-state index is -0.277. The number of methoxy groups -OCH3 is 1. The first-order valence-electron chi connectivity index (χ1n) is 4.98. The van der Waals surface area contributed by atoms with Crippen LogP contribution in [0.3, 0.4) is 0 Å². The molecule has 0 aromatic heterocycles. The molecule has 0 aliphatic rings. The Morgan fingerprint density at radius 3 is 2.53 bits per heavy atom. The molecule has 0 aliphatic carbocycles. The van der Waals surface area contributed by atoms with Gasteiger partial charge < -0.3 is 4.74 Å². The Labute approximate surface area is 117 Å². The lowest BCUT2D eigenvalue weighted by Gasteiger charge is -2.06. The second-order valence-corrected chi connectivity index (χ2v) is 4.94. The van der Waals surface area contributed by atoms with E-state index in [1.807, 2.05) is 18.2 Å². The van der Waals surface area contributed by atoms with Crippen LogP contribution >= 0.6 is 31.9 Å². The van der Waals surface area contributed by atoms with Crippen molar-refractivity contribution in [1.82, 2.24) is 0 Å². The Kier molecular flexibility index (Phi) is 5.85. The fraction of sp³-hybridized carbons (Fsp3) is 0.333. The highest BCUT2D eigenvalue weighted by atomic mass is 79.9. The van der Waals surface area contributed by atoms with E-state index in [2.05, 4.69) is 36.6 Å². The lowest BCUT2D eigenvalue weighted by molar-refractivity contribution is -0.139. The number of carbonyl (C=O) groups is 2. The van der Waals surface area contributed by atoms with Gasteiger partial charge in [-0.1, -0.05) is 44.0 Å². The monoisotopic (exact) mass is 362 g/mol. The molecule has 5 heteroatoms. The average molecular weight is 364 g/mol. The van der Waals surface area contributed by atoms with Crippen molar-refractivity contribution in [3.8, 4) is 0 Å². The molecule has 0 spiro atoms. The standard InChI is InChI=1S/C12H12Br2O3/c1-17-12(16)5-8-2-3-9(11(14)4-8)6-10(15)7-13/h2-4H,5-7H2,1H3. The maximum Gasteiger partial charge on any atom is 0.309 e. The minimum Gasteiger partial charge on any atom is -0.469 e. The van der Waals surface area contributed by atoms with E-state index in [9.17, 15) is 9.59 Å². The molecular formula is C12H12Br2O3. The van der Waals surface area contributed by atoms with Crippen molar-refractivity contribution in [2.45, 2.75) is 12.8 Å². The van der Waals surface area contributed by atoms with Crippen LogP contribution in [0.25, 0.3) is 0 Å². The van der Waals surface area contributed by atoms with Gasteiger partial charge in [-0.2, -0.15) is 0 Å². The molecule has 1 rings (SSSR count). The van der Waals surface area contributed by atoms with Gasteiger partial charge in [0.2, 0.25) is 0 Å². The fourth-order valence-corrected chi connectivity index (χ4v) is 2.11. The average Bonchev–Trinajstić information content (AvgIpc) is 2.32. The van der Waals surface area contributed by atoms with E-state index in [1.165, 1.54) is 7.11 Å². The van der Waals surface area contributed by atoms with Gasteiger partial charge in [-0.05, 0) is 17.2 Å². The maximum absolute atomic E-state index is 11.3. The van der Waals surface area contributed by atoms with Crippen molar-refractivity contribution in [2.24, 2.45) is 0 Å². The predicted molar refractivity (Wildman–Crippen MR) is 72.4 cm³/mol. The van der Waals surface area contributed by atoms with Crippen molar-refractivity contribution in [3.05, 3.63) is 33.8 Å². The largest absolute Gasteiger partial charge is 0.469 e. The predicted octanol–water partition coefficient (Wildman–Crippen LogP) is 2.67. The Morgan fingerprint density at radius 2 is 2.00 bits per heavy atom. The van der Waals surface area contributed by atoms with Gasteiger partial charge in [0.1, 0.15) is 5.78 Å². The topological polar surface area (TPSA) is 43.4 Å². The number of Topliss-reactive ketones (excluding diaryl/α,β-unsaturated/α-hetero) is 1. The molecule has 0 heterocycles. The van der Waals surface area contributed by atoms with Gasteiger partial charge in [0, 0.05) is 10.9 Å². The second-order valence-electron chi connectivity index (χ2n) is 3.53. The first-order valence-corrected chi connectivity index (χ1v) is 6.90. The SMILES string of the molecule is COC(=O)Cc1ccc(CC(=O)CBr)c(Br)c1. The van der Waals surface area contributed by atoms with Gasteiger partial charge in [0.05, 0.1) is 18.9 Å². The summed E-state index contributed by atoms with van der Waals surface area (Å²) >= 11 is 6.52. The van der Waals surface area contributed by atoms with Crippen LogP contribution in [0.5, 0.6) is 0 Å². The number of hydrogen-bond acceptors (Lipinski definition) is 3. The third-order valence-corrected chi connectivity index (χ3v) is 3.59. The van der Waals surface area contributed by atoms with Gasteiger partial charge >= 0.3 is 5.97 Å². The molecule has 0 atom stereocenters. The molecule has 0 unspecified atom stereocenters. The molecule has 1 aromatic carbocycles. The number of carbonyl (C=O) groups excluding carboxylic acids is 2. The van der Waals surface area contributed by atoms with Crippen LogP contribution in [-0.4, -0.2) is 24.2 Å². The smallest absolute Gasteiger partial charge is 0.309 e. The zero-order valence-corrected chi connectivity index (χ0v) is 12.5. The summed E-state index contributed by atoms with van der Waals surface area (Å²) in [6.07, 6.45) is 0.617. The van der Waals surface area contributed by atoms with Crippen molar-refractivity contribution >= 4 is 43.6 Å². The molecule has 0 N–H and O–H groups in total. The van der Waals surface area contributed by atoms with E-state index in [-0.39, 0.29) is 18.2 Å². The molecule has 92 valence electrons. The summed E-state index contributed by atoms with van der Waals surface area (Å²) in [4.78, 5) is 22.4. The molecule has 17 heavy (non-hydrogen) atoms. The molecule has 0 bridgehead atoms. The van der Waals surface area contributed by atoms with Gasteiger partial charge in [-0.3, -0.25) is 9.59 Å². The number of ketones is 1. The third kappa shape index (κ3) is 4.60. The highest BCUT2D eigenvalue weighted by Gasteiger charge is 2.08. The first kappa shape index (κ1) is 14.4. The van der Waals surface area contributed by atoms with Gasteiger partial charge in [-0.25, -0.2) is 0 Å². The van der Waals surface area contributed by atoms with E-state index >= 15 is 0 Å². The van der Waals surface area contributed by atoms with Gasteiger partial charge in [0.15, 0.2) is 0 Å². The number of halogens is 2. The lowest BCUT2D eigenvalue weighted by atomic mass is 10.1. The number of hydrogen-bond donors (Lipinski definition) is 0. The van der Waals surface area contributed by atoms with Crippen molar-refractivity contribution < 1.29 is 14.3 Å². The van der Waals surface area contributed by atoms with Crippen LogP contribution in [-0.2, 0) is 27.2 Å². The number of esters is 1. The summed E-state index contributed by atoms with van der Waals surface area (Å²) < 4.78 is 5.43. The summed E-state index contributed by atoms with van der Waals surface area (Å²) in [5.74, 6) is -0.160. The summed E-state index contributed by atoms with van der Waals surface area (Å²) in [5, 5.41) is 0.351. The van der Waals surface area contributed by atoms with Crippen LogP contribution in [0.2, 0.25) is 0 Å². The quantitative estimate of drug-likeness (QED) is 0.596. The summed E-state index contributed by atoms with van der Waals surface area (Å²) in [6, 6.07) is 5.52. The Hall–Kier alpha value is -0.680. The highest BCUT2D eigenvalue weighted by Crippen LogP contribution is 2.20. The van der Waals surface area contributed by atoms with Crippen molar-refractivity contribution in [1.29, 1.82) is 0 Å². The van der Waals surface area contributed by atoms with Crippen LogP contribution in [0.15, 0.2) is 22.7 Å². The number of alkyl halides is 1. The maximum atomic E-state index is 11.3. The van der Waals surface area contributed by atoms with Crippen LogP contribution in [0.1, 0.15) is 11.1 Å². The second kappa shape index (κ2) is 6.91. The molecule has 0 saturated carbocycles. The van der Waals surface area contributed by atoms with Crippen molar-refractivity contribution in [2.75, 3.05) is 12.4 Å². The zero-order valence-electron chi connectivity index (χ0n) is 9.33. The first-order chi connectivity index (χ1) is 8.06. The van der Waals surface area contributed by atoms with Gasteiger partial charge in [-0.15, -0.1) is 0 Å². The molecule has 0 amide bonds. The van der Waals surface area contributed by atoms with Crippen LogP contribution < -0.4 is 0 Å². The summed E-state index contributed by atoms with van der Waals surface area (Å²) in [7, 11) is 1.36. The molecule has 0 saturated heterocycles. The zero-order chi connectivity index (χ0) is 12.8. The fourth-order valence-electron chi connectivity index (χ4n) is 1.34. The molecule has 0 fully saturated rings. The molecule has 0 aliphatic heterocycles. The minimum absolute atomic E-state index is 0.117. The van der Waals surface area contributed by atoms with E-state index in [0.717, 1.165) is 15.6 Å². The number of ether oxygens (including phenoxy) is 1. The number of rotatable bonds is 5. The van der Waals surface area contributed by atoms with E-state index in [1.54, 1.807) is 0 Å². The van der Waals surface area contributed by atoms with E-state index in [0.29, 0.717) is 11.8 Å².